The van der Waals surface area contributed by atoms with Crippen LogP contribution in [-0.2, 0) is 11.8 Å². The van der Waals surface area contributed by atoms with Gasteiger partial charge in [0, 0.05) is 38.0 Å². The van der Waals surface area contributed by atoms with E-state index in [4.69, 9.17) is 0 Å². The van der Waals surface area contributed by atoms with Crippen molar-refractivity contribution in [2.45, 2.75) is 57.9 Å². The van der Waals surface area contributed by atoms with Gasteiger partial charge in [-0.1, -0.05) is 44.2 Å². The first-order chi connectivity index (χ1) is 12.8. The van der Waals surface area contributed by atoms with Gasteiger partial charge < -0.3 is 5.32 Å². The van der Waals surface area contributed by atoms with E-state index >= 15 is 0 Å². The van der Waals surface area contributed by atoms with E-state index in [2.05, 4.69) is 48.5 Å². The van der Waals surface area contributed by atoms with E-state index < -0.39 is 0 Å². The number of hydrogen-bond donors (Lipinski definition) is 1. The van der Waals surface area contributed by atoms with Crippen molar-refractivity contribution >= 4 is 11.7 Å². The molecule has 1 saturated carbocycles. The number of carbonyl (C=O) groups is 2. The lowest BCUT2D eigenvalue weighted by Gasteiger charge is -2.41. The van der Waals surface area contributed by atoms with Crippen molar-refractivity contribution in [3.05, 3.63) is 53.9 Å². The average molecular weight is 367 g/mol. The van der Waals surface area contributed by atoms with Crippen molar-refractivity contribution in [3.63, 3.8) is 0 Å². The molecule has 1 aromatic heterocycles. The molecule has 144 valence electrons. The smallest absolute Gasteiger partial charge is 0.220 e. The first-order valence-electron chi connectivity index (χ1n) is 9.70. The third-order valence-electron chi connectivity index (χ3n) is 5.57. The molecule has 5 nitrogen and oxygen atoms in total. The monoisotopic (exact) mass is 367 g/mol. The van der Waals surface area contributed by atoms with Gasteiger partial charge in [-0.2, -0.15) is 5.10 Å². The van der Waals surface area contributed by atoms with E-state index in [0.29, 0.717) is 11.5 Å². The summed E-state index contributed by atoms with van der Waals surface area (Å²) in [5.41, 5.74) is 2.12. The summed E-state index contributed by atoms with van der Waals surface area (Å²) in [5.74, 6) is 0.230. The van der Waals surface area contributed by atoms with Gasteiger partial charge in [0.05, 0.1) is 11.8 Å². The maximum absolute atomic E-state index is 12.5. The summed E-state index contributed by atoms with van der Waals surface area (Å²) in [6.07, 6.45) is 6.78. The fourth-order valence-electron chi connectivity index (χ4n) is 4.03. The molecule has 2 unspecified atom stereocenters. The van der Waals surface area contributed by atoms with E-state index in [1.54, 1.807) is 24.1 Å². The maximum atomic E-state index is 12.5. The third kappa shape index (κ3) is 5.06. The zero-order chi connectivity index (χ0) is 19.4. The number of benzene rings is 1. The number of aromatic nitrogens is 2. The van der Waals surface area contributed by atoms with Crippen molar-refractivity contribution < 1.29 is 9.59 Å². The highest BCUT2D eigenvalue weighted by atomic mass is 16.2. The first kappa shape index (κ1) is 19.3. The summed E-state index contributed by atoms with van der Waals surface area (Å²) < 4.78 is 1.60. The van der Waals surface area contributed by atoms with Crippen molar-refractivity contribution in [3.8, 4) is 0 Å². The normalized spacial score (nSPS) is 21.6. The van der Waals surface area contributed by atoms with E-state index in [-0.39, 0.29) is 36.0 Å². The van der Waals surface area contributed by atoms with Gasteiger partial charge in [0.2, 0.25) is 5.91 Å². The summed E-state index contributed by atoms with van der Waals surface area (Å²) in [5, 5.41) is 7.22. The summed E-state index contributed by atoms with van der Waals surface area (Å²) in [7, 11) is 1.78. The Hall–Kier alpha value is -2.43. The van der Waals surface area contributed by atoms with Crippen molar-refractivity contribution in [1.82, 2.24) is 15.1 Å². The molecule has 0 radical (unpaired) electrons. The Morgan fingerprint density at radius 1 is 1.22 bits per heavy atom. The molecule has 3 rings (SSSR count). The summed E-state index contributed by atoms with van der Waals surface area (Å²) in [6, 6.07) is 10.6. The molecule has 2 aromatic rings. The Kier molecular flexibility index (Phi) is 5.78. The molecule has 2 atom stereocenters. The second-order valence-electron chi connectivity index (χ2n) is 8.42. The van der Waals surface area contributed by atoms with Gasteiger partial charge in [0.15, 0.2) is 5.78 Å². The minimum atomic E-state index is -0.0436. The van der Waals surface area contributed by atoms with Crippen LogP contribution in [0, 0.1) is 5.41 Å². The zero-order valence-corrected chi connectivity index (χ0v) is 16.4. The van der Waals surface area contributed by atoms with Gasteiger partial charge in [-0.15, -0.1) is 0 Å². The number of rotatable bonds is 6. The number of ketones is 1. The lowest BCUT2D eigenvalue weighted by molar-refractivity contribution is -0.122. The highest BCUT2D eigenvalue weighted by Crippen LogP contribution is 2.43. The van der Waals surface area contributed by atoms with E-state index in [1.807, 2.05) is 6.07 Å². The number of nitrogens with zero attached hydrogens (tertiary/aromatic N) is 2. The fraction of sp³-hybridized carbons (Fsp3) is 0.500. The van der Waals surface area contributed by atoms with Crippen LogP contribution in [0.5, 0.6) is 0 Å². The lowest BCUT2D eigenvalue weighted by Crippen LogP contribution is -2.44. The molecule has 0 aliphatic heterocycles. The van der Waals surface area contributed by atoms with Gasteiger partial charge in [-0.05, 0) is 30.2 Å². The van der Waals surface area contributed by atoms with E-state index in [1.165, 1.54) is 5.56 Å². The van der Waals surface area contributed by atoms with Gasteiger partial charge >= 0.3 is 0 Å². The van der Waals surface area contributed by atoms with Crippen LogP contribution < -0.4 is 5.32 Å². The largest absolute Gasteiger partial charge is 0.353 e. The lowest BCUT2D eigenvalue weighted by atomic mass is 9.68. The zero-order valence-electron chi connectivity index (χ0n) is 16.4. The summed E-state index contributed by atoms with van der Waals surface area (Å²) in [6.45, 7) is 4.60. The number of nitrogens with one attached hydrogen (secondary N) is 1. The molecule has 0 saturated heterocycles. The number of carbonyl (C=O) groups excluding carboxylic acids is 2. The quantitative estimate of drug-likeness (QED) is 0.789. The van der Waals surface area contributed by atoms with Gasteiger partial charge in [-0.25, -0.2) is 0 Å². The van der Waals surface area contributed by atoms with Crippen LogP contribution in [0.2, 0.25) is 0 Å². The SMILES string of the molecule is Cn1cc(C(=O)CCC(=O)NC2CCC(C)(C)CC2c2ccccc2)cn1. The van der Waals surface area contributed by atoms with Crippen molar-refractivity contribution in [2.75, 3.05) is 0 Å². The van der Waals surface area contributed by atoms with Gasteiger partial charge in [0.1, 0.15) is 0 Å². The van der Waals surface area contributed by atoms with Gasteiger partial charge in [-0.3, -0.25) is 14.3 Å². The van der Waals surface area contributed by atoms with Crippen LogP contribution in [0.4, 0.5) is 0 Å². The molecule has 1 N–H and O–H groups in total. The van der Waals surface area contributed by atoms with E-state index in [0.717, 1.165) is 19.3 Å². The predicted molar refractivity (Wildman–Crippen MR) is 106 cm³/mol. The Labute approximate surface area is 161 Å². The number of amides is 1. The Bertz CT molecular complexity index is 795. The molecule has 27 heavy (non-hydrogen) atoms. The van der Waals surface area contributed by atoms with Crippen molar-refractivity contribution in [1.29, 1.82) is 0 Å². The van der Waals surface area contributed by atoms with Crippen molar-refractivity contribution in [2.24, 2.45) is 12.5 Å². The van der Waals surface area contributed by atoms with Crippen LogP contribution in [0.3, 0.4) is 0 Å². The van der Waals surface area contributed by atoms with Crippen LogP contribution in [-0.4, -0.2) is 27.5 Å². The van der Waals surface area contributed by atoms with E-state index in [9.17, 15) is 9.59 Å². The molecule has 1 amide bonds. The molecule has 1 aliphatic carbocycles. The number of aryl methyl sites for hydroxylation is 1. The Morgan fingerprint density at radius 3 is 2.63 bits per heavy atom. The second kappa shape index (κ2) is 8.07. The Morgan fingerprint density at radius 2 is 1.96 bits per heavy atom. The molecule has 1 aliphatic rings. The minimum Gasteiger partial charge on any atom is -0.353 e. The first-order valence-corrected chi connectivity index (χ1v) is 9.70. The molecule has 1 heterocycles. The molecule has 0 spiro atoms. The van der Waals surface area contributed by atoms with Gasteiger partial charge in [0.25, 0.3) is 0 Å². The average Bonchev–Trinajstić information content (AvgIpc) is 3.08. The fourth-order valence-corrected chi connectivity index (χ4v) is 4.03. The topological polar surface area (TPSA) is 64.0 Å². The third-order valence-corrected chi connectivity index (χ3v) is 5.57. The molecule has 1 aromatic carbocycles. The van der Waals surface area contributed by atoms with Crippen LogP contribution in [0.1, 0.15) is 67.8 Å². The maximum Gasteiger partial charge on any atom is 0.220 e. The molecule has 5 heteroatoms. The number of hydrogen-bond acceptors (Lipinski definition) is 3. The highest BCUT2D eigenvalue weighted by molar-refractivity contribution is 5.97. The molecule has 0 bridgehead atoms. The standard InChI is InChI=1S/C22H29N3O2/c1-22(2)12-11-19(18(13-22)16-7-5-4-6-8-16)24-21(27)10-9-20(26)17-14-23-25(3)15-17/h4-8,14-15,18-19H,9-13H2,1-3H3,(H,24,27). The summed E-state index contributed by atoms with van der Waals surface area (Å²) >= 11 is 0. The second-order valence-corrected chi connectivity index (χ2v) is 8.42. The molecule has 1 fully saturated rings. The highest BCUT2D eigenvalue weighted by Gasteiger charge is 2.36. The summed E-state index contributed by atoms with van der Waals surface area (Å²) in [4.78, 5) is 24.7. The Balaban J connectivity index is 1.60. The van der Waals surface area contributed by atoms with Crippen LogP contribution >= 0.6 is 0 Å². The molecular formula is C22H29N3O2. The van der Waals surface area contributed by atoms with Crippen LogP contribution in [0.15, 0.2) is 42.7 Å². The number of Topliss-reactive ketones (excluding diaryl/α,β-unsaturated/α-hetero) is 1. The van der Waals surface area contributed by atoms with Crippen LogP contribution in [0.25, 0.3) is 0 Å². The predicted octanol–water partition coefficient (Wildman–Crippen LogP) is 3.86. The minimum absolute atomic E-state index is 0.0392. The molecular weight excluding hydrogens is 338 g/mol.